The van der Waals surface area contributed by atoms with Crippen LogP contribution in [0, 0.1) is 5.92 Å². The first-order valence-electron chi connectivity index (χ1n) is 6.80. The average molecular weight is 299 g/mol. The van der Waals surface area contributed by atoms with Crippen LogP contribution in [0.2, 0.25) is 0 Å². The lowest BCUT2D eigenvalue weighted by molar-refractivity contribution is -0.120. The Kier molecular flexibility index (Phi) is 6.20. The zero-order valence-corrected chi connectivity index (χ0v) is 12.6. The van der Waals surface area contributed by atoms with E-state index in [1.165, 1.54) is 11.3 Å². The SMILES string of the molecule is O=C(CSCc1cccs1)NC1CCCCC1CO. The topological polar surface area (TPSA) is 49.3 Å². The summed E-state index contributed by atoms with van der Waals surface area (Å²) < 4.78 is 0. The van der Waals surface area contributed by atoms with Crippen molar-refractivity contribution in [2.75, 3.05) is 12.4 Å². The summed E-state index contributed by atoms with van der Waals surface area (Å²) in [5.41, 5.74) is 0. The molecule has 5 heteroatoms. The molecule has 1 aromatic heterocycles. The Labute approximate surface area is 122 Å². The molecule has 1 aromatic rings. The number of hydrogen-bond donors (Lipinski definition) is 2. The van der Waals surface area contributed by atoms with E-state index in [0.29, 0.717) is 5.75 Å². The van der Waals surface area contributed by atoms with E-state index in [4.69, 9.17) is 0 Å². The second kappa shape index (κ2) is 7.92. The maximum absolute atomic E-state index is 11.9. The van der Waals surface area contributed by atoms with E-state index >= 15 is 0 Å². The zero-order chi connectivity index (χ0) is 13.5. The van der Waals surface area contributed by atoms with Crippen molar-refractivity contribution in [1.29, 1.82) is 0 Å². The molecule has 1 aliphatic carbocycles. The first-order valence-corrected chi connectivity index (χ1v) is 8.83. The molecule has 0 radical (unpaired) electrons. The largest absolute Gasteiger partial charge is 0.396 e. The molecular formula is C14H21NO2S2. The fraction of sp³-hybridized carbons (Fsp3) is 0.643. The predicted octanol–water partition coefficient (Wildman–Crippen LogP) is 2.65. The smallest absolute Gasteiger partial charge is 0.230 e. The Morgan fingerprint density at radius 2 is 2.32 bits per heavy atom. The van der Waals surface area contributed by atoms with Crippen LogP contribution in [0.1, 0.15) is 30.6 Å². The van der Waals surface area contributed by atoms with Crippen LogP contribution in [-0.2, 0) is 10.5 Å². The van der Waals surface area contributed by atoms with E-state index in [2.05, 4.69) is 16.8 Å². The zero-order valence-electron chi connectivity index (χ0n) is 11.0. The molecule has 0 saturated heterocycles. The number of carbonyl (C=O) groups excluding carboxylic acids is 1. The third kappa shape index (κ3) is 4.82. The molecule has 2 rings (SSSR count). The molecule has 106 valence electrons. The summed E-state index contributed by atoms with van der Waals surface area (Å²) in [6, 6.07) is 4.31. The van der Waals surface area contributed by atoms with E-state index in [9.17, 15) is 9.90 Å². The monoisotopic (exact) mass is 299 g/mol. The van der Waals surface area contributed by atoms with Gasteiger partial charge in [0, 0.05) is 29.2 Å². The van der Waals surface area contributed by atoms with Crippen molar-refractivity contribution < 1.29 is 9.90 Å². The van der Waals surface area contributed by atoms with Gasteiger partial charge in [0.15, 0.2) is 0 Å². The predicted molar refractivity (Wildman–Crippen MR) is 81.5 cm³/mol. The van der Waals surface area contributed by atoms with Gasteiger partial charge in [-0.2, -0.15) is 0 Å². The molecule has 19 heavy (non-hydrogen) atoms. The lowest BCUT2D eigenvalue weighted by atomic mass is 9.85. The molecular weight excluding hydrogens is 278 g/mol. The summed E-state index contributed by atoms with van der Waals surface area (Å²) in [7, 11) is 0. The summed E-state index contributed by atoms with van der Waals surface area (Å²) >= 11 is 3.38. The van der Waals surface area contributed by atoms with E-state index < -0.39 is 0 Å². The molecule has 0 aromatic carbocycles. The number of thioether (sulfide) groups is 1. The highest BCUT2D eigenvalue weighted by molar-refractivity contribution is 7.99. The number of rotatable bonds is 6. The second-order valence-electron chi connectivity index (χ2n) is 4.97. The molecule has 0 aliphatic heterocycles. The number of hydrogen-bond acceptors (Lipinski definition) is 4. The lowest BCUT2D eigenvalue weighted by Crippen LogP contribution is -2.44. The number of thiophene rings is 1. The van der Waals surface area contributed by atoms with Gasteiger partial charge in [-0.05, 0) is 24.3 Å². The van der Waals surface area contributed by atoms with Gasteiger partial charge in [0.2, 0.25) is 5.91 Å². The Balaban J connectivity index is 1.68. The highest BCUT2D eigenvalue weighted by Gasteiger charge is 2.25. The van der Waals surface area contributed by atoms with Crippen molar-refractivity contribution in [3.05, 3.63) is 22.4 Å². The lowest BCUT2D eigenvalue weighted by Gasteiger charge is -2.30. The average Bonchev–Trinajstić information content (AvgIpc) is 2.92. The second-order valence-corrected chi connectivity index (χ2v) is 6.99. The highest BCUT2D eigenvalue weighted by Crippen LogP contribution is 2.24. The third-order valence-electron chi connectivity index (χ3n) is 3.55. The van der Waals surface area contributed by atoms with Crippen LogP contribution >= 0.6 is 23.1 Å². The van der Waals surface area contributed by atoms with Gasteiger partial charge >= 0.3 is 0 Å². The van der Waals surface area contributed by atoms with E-state index in [1.54, 1.807) is 23.1 Å². The maximum Gasteiger partial charge on any atom is 0.230 e. The fourth-order valence-corrected chi connectivity index (χ4v) is 4.18. The van der Waals surface area contributed by atoms with Crippen molar-refractivity contribution in [2.24, 2.45) is 5.92 Å². The summed E-state index contributed by atoms with van der Waals surface area (Å²) in [6.45, 7) is 0.188. The molecule has 0 spiro atoms. The summed E-state index contributed by atoms with van der Waals surface area (Å²) in [5, 5.41) is 14.5. The Morgan fingerprint density at radius 3 is 3.05 bits per heavy atom. The molecule has 2 unspecified atom stereocenters. The molecule has 1 saturated carbocycles. The van der Waals surface area contributed by atoms with Crippen LogP contribution in [0.3, 0.4) is 0 Å². The summed E-state index contributed by atoms with van der Waals surface area (Å²) in [6.07, 6.45) is 4.37. The Morgan fingerprint density at radius 1 is 1.47 bits per heavy atom. The van der Waals surface area contributed by atoms with E-state index in [0.717, 1.165) is 25.0 Å². The molecule has 1 heterocycles. The van der Waals surface area contributed by atoms with Gasteiger partial charge in [0.05, 0.1) is 5.75 Å². The molecule has 2 N–H and O–H groups in total. The third-order valence-corrected chi connectivity index (χ3v) is 5.59. The number of aliphatic hydroxyl groups excluding tert-OH is 1. The van der Waals surface area contributed by atoms with Gasteiger partial charge in [0.25, 0.3) is 0 Å². The van der Waals surface area contributed by atoms with Crippen LogP contribution in [-0.4, -0.2) is 29.4 Å². The van der Waals surface area contributed by atoms with Gasteiger partial charge < -0.3 is 10.4 Å². The van der Waals surface area contributed by atoms with Gasteiger partial charge in [0.1, 0.15) is 0 Å². The maximum atomic E-state index is 11.9. The minimum atomic E-state index is 0.104. The fourth-order valence-electron chi connectivity index (χ4n) is 2.50. The van der Waals surface area contributed by atoms with Crippen LogP contribution in [0.5, 0.6) is 0 Å². The normalized spacial score (nSPS) is 23.2. The molecule has 1 aliphatic rings. The van der Waals surface area contributed by atoms with Crippen LogP contribution in [0.4, 0.5) is 0 Å². The van der Waals surface area contributed by atoms with Crippen LogP contribution in [0.25, 0.3) is 0 Å². The molecule has 3 nitrogen and oxygen atoms in total. The van der Waals surface area contributed by atoms with Crippen LogP contribution in [0.15, 0.2) is 17.5 Å². The number of amides is 1. The van der Waals surface area contributed by atoms with Crippen molar-refractivity contribution in [3.8, 4) is 0 Å². The first kappa shape index (κ1) is 14.9. The van der Waals surface area contributed by atoms with Crippen molar-refractivity contribution in [1.82, 2.24) is 5.32 Å². The standard InChI is InChI=1S/C14H21NO2S2/c16-8-11-4-1-2-6-13(11)15-14(17)10-18-9-12-5-3-7-19-12/h3,5,7,11,13,16H,1-2,4,6,8-10H2,(H,15,17). The van der Waals surface area contributed by atoms with Crippen molar-refractivity contribution >= 4 is 29.0 Å². The molecule has 2 atom stereocenters. The van der Waals surface area contributed by atoms with Crippen LogP contribution < -0.4 is 5.32 Å². The van der Waals surface area contributed by atoms with Gasteiger partial charge in [-0.1, -0.05) is 18.9 Å². The summed E-state index contributed by atoms with van der Waals surface area (Å²) in [5.74, 6) is 1.76. The summed E-state index contributed by atoms with van der Waals surface area (Å²) in [4.78, 5) is 13.2. The number of carbonyl (C=O) groups is 1. The Hall–Kier alpha value is -0.520. The minimum absolute atomic E-state index is 0.104. The highest BCUT2D eigenvalue weighted by atomic mass is 32.2. The number of aliphatic hydroxyl groups is 1. The molecule has 1 amide bonds. The minimum Gasteiger partial charge on any atom is -0.396 e. The van der Waals surface area contributed by atoms with Crippen molar-refractivity contribution in [2.45, 2.75) is 37.5 Å². The quantitative estimate of drug-likeness (QED) is 0.849. The van der Waals surface area contributed by atoms with Gasteiger partial charge in [-0.25, -0.2) is 0 Å². The van der Waals surface area contributed by atoms with Gasteiger partial charge in [-0.3, -0.25) is 4.79 Å². The Bertz CT molecular complexity index is 381. The van der Waals surface area contributed by atoms with E-state index in [-0.39, 0.29) is 24.5 Å². The molecule has 0 bridgehead atoms. The number of nitrogens with one attached hydrogen (secondary N) is 1. The van der Waals surface area contributed by atoms with Gasteiger partial charge in [-0.15, -0.1) is 23.1 Å². The first-order chi connectivity index (χ1) is 9.29. The van der Waals surface area contributed by atoms with E-state index in [1.807, 2.05) is 6.07 Å². The molecule has 1 fully saturated rings. The van der Waals surface area contributed by atoms with Crippen molar-refractivity contribution in [3.63, 3.8) is 0 Å².